The minimum absolute atomic E-state index is 0.108. The molecule has 0 saturated heterocycles. The molecule has 0 aliphatic rings. The predicted molar refractivity (Wildman–Crippen MR) is 19.2 cm³/mol. The van der Waals surface area contributed by atoms with Gasteiger partial charge in [-0.2, -0.15) is 10.5 Å². The van der Waals surface area contributed by atoms with Crippen molar-refractivity contribution in [2.45, 2.75) is 0 Å². The summed E-state index contributed by atoms with van der Waals surface area (Å²) in [6, 6.07) is 1.74. The first kappa shape index (κ1) is 4.78. The van der Waals surface area contributed by atoms with Crippen LogP contribution in [0.3, 0.4) is 0 Å². The first-order valence-corrected chi connectivity index (χ1v) is 1.40. The molecule has 6 heavy (non-hydrogen) atoms. The smallest absolute Gasteiger partial charge is 0.177 e. The van der Waals surface area contributed by atoms with Crippen LogP contribution < -0.4 is 5.32 Å². The molecule has 0 heterocycles. The second kappa shape index (κ2) is 3.78. The molecule has 0 amide bonds. The summed E-state index contributed by atoms with van der Waals surface area (Å²) in [4.78, 5) is 0. The topological polar surface area (TPSA) is 59.6 Å². The molecule has 0 rings (SSSR count). The summed E-state index contributed by atoms with van der Waals surface area (Å²) in [6.45, 7) is 0.108. The minimum atomic E-state index is 0.108. The fourth-order valence-electron chi connectivity index (χ4n) is 0.0791. The third-order valence-electron chi connectivity index (χ3n) is 0.247. The van der Waals surface area contributed by atoms with Gasteiger partial charge in [-0.3, -0.25) is 0 Å². The Bertz CT molecular complexity index is 79.6. The zero-order valence-corrected chi connectivity index (χ0v) is 3.10. The predicted octanol–water partition coefficient (Wildman–Crippen LogP) is -0.419. The fraction of sp³-hybridized carbons (Fsp3) is 0.333. The van der Waals surface area contributed by atoms with Crippen molar-refractivity contribution >= 4 is 0 Å². The monoisotopic (exact) mass is 81.0 g/mol. The number of hydrogen-bond donors (Lipinski definition) is 1. The maximum Gasteiger partial charge on any atom is 0.177 e. The third-order valence-corrected chi connectivity index (χ3v) is 0.247. The lowest BCUT2D eigenvalue weighted by Gasteiger charge is -1.73. The molecule has 0 aromatic heterocycles. The first-order valence-electron chi connectivity index (χ1n) is 1.40. The van der Waals surface area contributed by atoms with Crippen LogP contribution in [0.15, 0.2) is 0 Å². The molecule has 0 aromatic carbocycles. The Labute approximate surface area is 35.8 Å². The van der Waals surface area contributed by atoms with Gasteiger partial charge in [-0.05, 0) is 0 Å². The van der Waals surface area contributed by atoms with Gasteiger partial charge in [0.15, 0.2) is 6.19 Å². The van der Waals surface area contributed by atoms with Crippen molar-refractivity contribution in [3.8, 4) is 12.3 Å². The lowest BCUT2D eigenvalue weighted by atomic mass is 10.7. The maximum absolute atomic E-state index is 7.73. The number of nitriles is 2. The van der Waals surface area contributed by atoms with E-state index in [1.807, 2.05) is 0 Å². The van der Waals surface area contributed by atoms with Crippen LogP contribution >= 0.6 is 0 Å². The van der Waals surface area contributed by atoms with Crippen LogP contribution in [0.2, 0.25) is 0 Å². The van der Waals surface area contributed by atoms with Crippen molar-refractivity contribution in [2.75, 3.05) is 6.54 Å². The molecular weight excluding hydrogens is 78.1 g/mol. The average molecular weight is 81.1 g/mol. The van der Waals surface area contributed by atoms with Crippen LogP contribution in [0, 0.1) is 22.8 Å². The Morgan fingerprint density at radius 3 is 2.33 bits per heavy atom. The van der Waals surface area contributed by atoms with Crippen molar-refractivity contribution < 1.29 is 0 Å². The van der Waals surface area contributed by atoms with Crippen molar-refractivity contribution in [3.05, 3.63) is 0 Å². The van der Waals surface area contributed by atoms with Gasteiger partial charge < -0.3 is 5.32 Å². The quantitative estimate of drug-likeness (QED) is 0.202. The summed E-state index contributed by atoms with van der Waals surface area (Å²) >= 11 is 0. The molecule has 0 unspecified atom stereocenters. The van der Waals surface area contributed by atoms with Gasteiger partial charge in [0, 0.05) is 0 Å². The van der Waals surface area contributed by atoms with Crippen LogP contribution in [0.1, 0.15) is 0 Å². The summed E-state index contributed by atoms with van der Waals surface area (Å²) in [7, 11) is 0. The summed E-state index contributed by atoms with van der Waals surface area (Å²) in [6.07, 6.45) is 1.60. The van der Waals surface area contributed by atoms with Crippen LogP contribution in [-0.4, -0.2) is 6.54 Å². The van der Waals surface area contributed by atoms with Crippen molar-refractivity contribution in [2.24, 2.45) is 0 Å². The highest BCUT2D eigenvalue weighted by Gasteiger charge is 1.66. The molecular formula is C3H3N3. The number of nitrogens with zero attached hydrogens (tertiary/aromatic N) is 2. The summed E-state index contributed by atoms with van der Waals surface area (Å²) in [5.41, 5.74) is 0. The standard InChI is InChI=1S/C3H3N3/c4-1-2-6-3-5/h6H,2H2. The molecule has 0 saturated carbocycles. The van der Waals surface area contributed by atoms with E-state index in [4.69, 9.17) is 10.5 Å². The Hall–Kier alpha value is -1.22. The maximum atomic E-state index is 7.73. The highest BCUT2D eigenvalue weighted by Crippen LogP contribution is 1.42. The zero-order valence-electron chi connectivity index (χ0n) is 3.10. The van der Waals surface area contributed by atoms with Gasteiger partial charge in [-0.15, -0.1) is 0 Å². The molecule has 0 radical (unpaired) electrons. The largest absolute Gasteiger partial charge is 0.310 e. The molecule has 0 bridgehead atoms. The Morgan fingerprint density at radius 1 is 1.50 bits per heavy atom. The van der Waals surface area contributed by atoms with Crippen molar-refractivity contribution in [3.63, 3.8) is 0 Å². The summed E-state index contributed by atoms with van der Waals surface area (Å²) < 4.78 is 0. The van der Waals surface area contributed by atoms with E-state index in [9.17, 15) is 0 Å². The molecule has 3 heteroatoms. The van der Waals surface area contributed by atoms with E-state index in [1.54, 1.807) is 12.3 Å². The van der Waals surface area contributed by atoms with Gasteiger partial charge >= 0.3 is 0 Å². The number of hydrogen-bond acceptors (Lipinski definition) is 3. The molecule has 0 aliphatic heterocycles. The van der Waals surface area contributed by atoms with E-state index in [1.165, 1.54) is 0 Å². The van der Waals surface area contributed by atoms with Gasteiger partial charge in [0.1, 0.15) is 6.54 Å². The summed E-state index contributed by atoms with van der Waals surface area (Å²) in [5, 5.41) is 17.6. The van der Waals surface area contributed by atoms with Crippen LogP contribution in [-0.2, 0) is 0 Å². The fourth-order valence-corrected chi connectivity index (χ4v) is 0.0791. The normalized spacial score (nSPS) is 5.00. The van der Waals surface area contributed by atoms with E-state index < -0.39 is 0 Å². The highest BCUT2D eigenvalue weighted by molar-refractivity contribution is 4.78. The number of rotatable bonds is 1. The van der Waals surface area contributed by atoms with E-state index in [-0.39, 0.29) is 6.54 Å². The number of nitrogens with one attached hydrogen (secondary N) is 1. The third kappa shape index (κ3) is 2.78. The molecule has 3 nitrogen and oxygen atoms in total. The average Bonchev–Trinajstić information content (AvgIpc) is 1.61. The van der Waals surface area contributed by atoms with Crippen LogP contribution in [0.4, 0.5) is 0 Å². The molecule has 0 atom stereocenters. The van der Waals surface area contributed by atoms with Gasteiger partial charge in [0.25, 0.3) is 0 Å². The van der Waals surface area contributed by atoms with Gasteiger partial charge in [0.2, 0.25) is 0 Å². The Morgan fingerprint density at radius 2 is 2.17 bits per heavy atom. The lowest BCUT2D eigenvalue weighted by molar-refractivity contribution is 1.01. The molecule has 0 aromatic rings. The molecule has 0 spiro atoms. The first-order chi connectivity index (χ1) is 2.91. The lowest BCUT2D eigenvalue weighted by Crippen LogP contribution is -2.02. The highest BCUT2D eigenvalue weighted by atomic mass is 14.8. The van der Waals surface area contributed by atoms with Gasteiger partial charge in [-0.25, -0.2) is 0 Å². The van der Waals surface area contributed by atoms with Crippen LogP contribution in [0.25, 0.3) is 0 Å². The zero-order chi connectivity index (χ0) is 4.83. The van der Waals surface area contributed by atoms with Gasteiger partial charge in [-0.1, -0.05) is 0 Å². The second-order valence-corrected chi connectivity index (χ2v) is 0.623. The molecule has 0 fully saturated rings. The van der Waals surface area contributed by atoms with Crippen molar-refractivity contribution in [1.82, 2.24) is 5.32 Å². The van der Waals surface area contributed by atoms with E-state index in [2.05, 4.69) is 5.32 Å². The van der Waals surface area contributed by atoms with Crippen molar-refractivity contribution in [1.29, 1.82) is 10.5 Å². The van der Waals surface area contributed by atoms with Gasteiger partial charge in [0.05, 0.1) is 6.07 Å². The SMILES string of the molecule is N#CCNC#N. The van der Waals surface area contributed by atoms with E-state index >= 15 is 0 Å². The second-order valence-electron chi connectivity index (χ2n) is 0.623. The Balaban J connectivity index is 2.78. The molecule has 0 aliphatic carbocycles. The minimum Gasteiger partial charge on any atom is -0.310 e. The van der Waals surface area contributed by atoms with E-state index in [0.29, 0.717) is 0 Å². The Kier molecular flexibility index (Phi) is 3.01. The van der Waals surface area contributed by atoms with Crippen LogP contribution in [0.5, 0.6) is 0 Å². The van der Waals surface area contributed by atoms with E-state index in [0.717, 1.165) is 0 Å². The molecule has 1 N–H and O–H groups in total. The molecule has 30 valence electrons. The summed E-state index contributed by atoms with van der Waals surface area (Å²) in [5.74, 6) is 0.